The van der Waals surface area contributed by atoms with E-state index in [1.165, 1.54) is 0 Å². The molecular weight excluding hydrogens is 254 g/mol. The maximum atomic E-state index is 10.6. The van der Waals surface area contributed by atoms with Gasteiger partial charge in [0.15, 0.2) is 23.6 Å². The summed E-state index contributed by atoms with van der Waals surface area (Å²) in [6.07, 6.45) is 0.647. The van der Waals surface area contributed by atoms with Crippen molar-refractivity contribution in [3.63, 3.8) is 0 Å². The Morgan fingerprint density at radius 2 is 1.50 bits per heavy atom. The molecule has 0 aliphatic carbocycles. The second-order valence-corrected chi connectivity index (χ2v) is 4.17. The highest BCUT2D eigenvalue weighted by molar-refractivity contribution is 5.72. The minimum absolute atomic E-state index is 0.260. The van der Waals surface area contributed by atoms with E-state index in [1.807, 2.05) is 18.2 Å². The van der Waals surface area contributed by atoms with Gasteiger partial charge in [-0.1, -0.05) is 0 Å². The van der Waals surface area contributed by atoms with E-state index >= 15 is 0 Å². The molecule has 0 unspecified atom stereocenters. The molecule has 4 nitrogen and oxygen atoms in total. The second kappa shape index (κ2) is 4.90. The molecule has 0 bridgehead atoms. The number of rotatable bonds is 3. The number of carbonyl (C=O) groups is 1. The molecule has 2 aromatic heterocycles. The van der Waals surface area contributed by atoms with Crippen LogP contribution >= 0.6 is 0 Å². The molecule has 3 rings (SSSR count). The van der Waals surface area contributed by atoms with Gasteiger partial charge in [-0.15, -0.1) is 0 Å². The summed E-state index contributed by atoms with van der Waals surface area (Å²) in [7, 11) is 0. The summed E-state index contributed by atoms with van der Waals surface area (Å²) in [5.41, 5.74) is 1.47. The number of furan rings is 2. The van der Waals surface area contributed by atoms with Crippen LogP contribution in [0.25, 0.3) is 22.8 Å². The molecule has 0 amide bonds. The van der Waals surface area contributed by atoms with Crippen LogP contribution in [0.2, 0.25) is 0 Å². The lowest BCUT2D eigenvalue weighted by Gasteiger charge is -1.96. The Morgan fingerprint density at radius 3 is 2.15 bits per heavy atom. The van der Waals surface area contributed by atoms with Crippen LogP contribution in [0.3, 0.4) is 0 Å². The van der Waals surface area contributed by atoms with Gasteiger partial charge in [0, 0.05) is 5.56 Å². The molecule has 0 spiro atoms. The van der Waals surface area contributed by atoms with Gasteiger partial charge < -0.3 is 8.83 Å². The lowest BCUT2D eigenvalue weighted by Crippen LogP contribution is -1.75. The van der Waals surface area contributed by atoms with Crippen LogP contribution in [0.15, 0.2) is 57.4 Å². The SMILES string of the molecule is N#Cc1ccc(-c2ccc(-c3ccc(C=O)o3)o2)cc1. The summed E-state index contributed by atoms with van der Waals surface area (Å²) in [6, 6.07) is 16.0. The zero-order valence-electron chi connectivity index (χ0n) is 10.4. The number of hydrogen-bond donors (Lipinski definition) is 0. The van der Waals surface area contributed by atoms with Gasteiger partial charge in [-0.3, -0.25) is 4.79 Å². The second-order valence-electron chi connectivity index (χ2n) is 4.17. The molecule has 0 aliphatic rings. The summed E-state index contributed by atoms with van der Waals surface area (Å²) < 4.78 is 11.0. The Balaban J connectivity index is 1.93. The molecule has 0 radical (unpaired) electrons. The number of benzene rings is 1. The predicted octanol–water partition coefficient (Wildman–Crippen LogP) is 3.89. The minimum atomic E-state index is 0.260. The summed E-state index contributed by atoms with van der Waals surface area (Å²) in [6.45, 7) is 0. The summed E-state index contributed by atoms with van der Waals surface area (Å²) >= 11 is 0. The van der Waals surface area contributed by atoms with Crippen LogP contribution in [-0.2, 0) is 0 Å². The fourth-order valence-corrected chi connectivity index (χ4v) is 1.88. The normalized spacial score (nSPS) is 10.2. The lowest BCUT2D eigenvalue weighted by molar-refractivity contribution is 0.110. The fourth-order valence-electron chi connectivity index (χ4n) is 1.88. The van der Waals surface area contributed by atoms with Gasteiger partial charge >= 0.3 is 0 Å². The highest BCUT2D eigenvalue weighted by Gasteiger charge is 2.10. The van der Waals surface area contributed by atoms with Crippen LogP contribution < -0.4 is 0 Å². The van der Waals surface area contributed by atoms with E-state index in [0.29, 0.717) is 29.1 Å². The van der Waals surface area contributed by atoms with E-state index in [-0.39, 0.29) is 5.76 Å². The Labute approximate surface area is 114 Å². The smallest absolute Gasteiger partial charge is 0.185 e. The number of nitrogens with zero attached hydrogens (tertiary/aromatic N) is 1. The molecule has 0 aliphatic heterocycles. The van der Waals surface area contributed by atoms with Crippen molar-refractivity contribution in [3.8, 4) is 28.9 Å². The van der Waals surface area contributed by atoms with Gasteiger partial charge in [-0.05, 0) is 48.5 Å². The third-order valence-corrected chi connectivity index (χ3v) is 2.89. The van der Waals surface area contributed by atoms with Crippen molar-refractivity contribution in [1.82, 2.24) is 0 Å². The van der Waals surface area contributed by atoms with Crippen LogP contribution in [0.5, 0.6) is 0 Å². The van der Waals surface area contributed by atoms with Gasteiger partial charge in [-0.25, -0.2) is 0 Å². The van der Waals surface area contributed by atoms with E-state index in [2.05, 4.69) is 6.07 Å². The predicted molar refractivity (Wildman–Crippen MR) is 71.9 cm³/mol. The third kappa shape index (κ3) is 2.13. The van der Waals surface area contributed by atoms with Crippen molar-refractivity contribution in [2.45, 2.75) is 0 Å². The molecular formula is C16H9NO3. The number of aldehydes is 1. The monoisotopic (exact) mass is 263 g/mol. The Bertz CT molecular complexity index is 788. The molecule has 0 saturated carbocycles. The first kappa shape index (κ1) is 12.0. The summed E-state index contributed by atoms with van der Waals surface area (Å²) in [4.78, 5) is 10.6. The van der Waals surface area contributed by atoms with Crippen molar-refractivity contribution in [2.24, 2.45) is 0 Å². The highest BCUT2D eigenvalue weighted by Crippen LogP contribution is 2.29. The standard InChI is InChI=1S/C16H9NO3/c17-9-11-1-3-12(4-2-11)14-7-8-16(20-14)15-6-5-13(10-18)19-15/h1-8,10H. The number of nitriles is 1. The molecule has 0 atom stereocenters. The van der Waals surface area contributed by atoms with E-state index < -0.39 is 0 Å². The van der Waals surface area contributed by atoms with E-state index in [0.717, 1.165) is 5.56 Å². The number of carbonyl (C=O) groups excluding carboxylic acids is 1. The lowest BCUT2D eigenvalue weighted by atomic mass is 10.1. The van der Waals surface area contributed by atoms with Crippen LogP contribution in [0.4, 0.5) is 0 Å². The molecule has 4 heteroatoms. The van der Waals surface area contributed by atoms with Crippen molar-refractivity contribution in [1.29, 1.82) is 5.26 Å². The average Bonchev–Trinajstić information content (AvgIpc) is 3.16. The van der Waals surface area contributed by atoms with Gasteiger partial charge in [0.2, 0.25) is 0 Å². The van der Waals surface area contributed by atoms with Crippen molar-refractivity contribution in [3.05, 3.63) is 59.9 Å². The number of hydrogen-bond acceptors (Lipinski definition) is 4. The fraction of sp³-hybridized carbons (Fsp3) is 0. The first-order valence-corrected chi connectivity index (χ1v) is 5.96. The minimum Gasteiger partial charge on any atom is -0.453 e. The van der Waals surface area contributed by atoms with Crippen molar-refractivity contribution in [2.75, 3.05) is 0 Å². The zero-order valence-corrected chi connectivity index (χ0v) is 10.4. The Hall–Kier alpha value is -3.06. The first-order chi connectivity index (χ1) is 9.80. The van der Waals surface area contributed by atoms with Gasteiger partial charge in [0.05, 0.1) is 11.6 Å². The van der Waals surface area contributed by atoms with E-state index in [1.54, 1.807) is 30.3 Å². The zero-order chi connectivity index (χ0) is 13.9. The summed E-state index contributed by atoms with van der Waals surface area (Å²) in [5.74, 6) is 1.99. The maximum Gasteiger partial charge on any atom is 0.185 e. The van der Waals surface area contributed by atoms with Gasteiger partial charge in [0.1, 0.15) is 5.76 Å². The van der Waals surface area contributed by atoms with Crippen molar-refractivity contribution < 1.29 is 13.6 Å². The molecule has 20 heavy (non-hydrogen) atoms. The quantitative estimate of drug-likeness (QED) is 0.672. The Kier molecular flexibility index (Phi) is 2.94. The molecule has 3 aromatic rings. The molecule has 0 N–H and O–H groups in total. The van der Waals surface area contributed by atoms with Crippen LogP contribution in [-0.4, -0.2) is 6.29 Å². The van der Waals surface area contributed by atoms with Gasteiger partial charge in [0.25, 0.3) is 0 Å². The average molecular weight is 263 g/mol. The molecule has 2 heterocycles. The largest absolute Gasteiger partial charge is 0.453 e. The maximum absolute atomic E-state index is 10.6. The Morgan fingerprint density at radius 1 is 0.850 bits per heavy atom. The van der Waals surface area contributed by atoms with E-state index in [4.69, 9.17) is 14.1 Å². The van der Waals surface area contributed by atoms with E-state index in [9.17, 15) is 4.79 Å². The molecule has 0 saturated heterocycles. The third-order valence-electron chi connectivity index (χ3n) is 2.89. The van der Waals surface area contributed by atoms with Crippen LogP contribution in [0, 0.1) is 11.3 Å². The van der Waals surface area contributed by atoms with Gasteiger partial charge in [-0.2, -0.15) is 5.26 Å². The highest BCUT2D eigenvalue weighted by atomic mass is 16.4. The first-order valence-electron chi connectivity index (χ1n) is 5.96. The molecule has 1 aromatic carbocycles. The topological polar surface area (TPSA) is 67.1 Å². The van der Waals surface area contributed by atoms with Crippen molar-refractivity contribution >= 4 is 6.29 Å². The van der Waals surface area contributed by atoms with Crippen LogP contribution in [0.1, 0.15) is 16.1 Å². The molecule has 96 valence electrons. The summed E-state index contributed by atoms with van der Waals surface area (Å²) in [5, 5.41) is 8.76. The molecule has 0 fully saturated rings.